The molecule has 0 fully saturated rings. The Morgan fingerprint density at radius 2 is 1.32 bits per heavy atom. The van der Waals surface area contributed by atoms with Gasteiger partial charge in [0.25, 0.3) is 0 Å². The van der Waals surface area contributed by atoms with Crippen molar-refractivity contribution in [1.82, 2.24) is 5.32 Å². The van der Waals surface area contributed by atoms with E-state index in [2.05, 4.69) is 18.2 Å². The third-order valence-corrected chi connectivity index (χ3v) is 4.46. The van der Waals surface area contributed by atoms with Crippen LogP contribution in [0.4, 0.5) is 0 Å². The van der Waals surface area contributed by atoms with Crippen LogP contribution in [0.25, 0.3) is 0 Å². The topological polar surface area (TPSA) is 66.4 Å². The van der Waals surface area contributed by atoms with E-state index < -0.39 is 12.0 Å². The molecule has 0 aromatic rings. The number of terminal acetylenes is 1. The molecule has 0 unspecified atom stereocenters. The Balaban J connectivity index is 3.39. The second-order valence-electron chi connectivity index (χ2n) is 6.86. The van der Waals surface area contributed by atoms with E-state index in [1.807, 2.05) is 0 Å². The molecule has 0 saturated heterocycles. The van der Waals surface area contributed by atoms with Gasteiger partial charge in [0.2, 0.25) is 5.91 Å². The zero-order chi connectivity index (χ0) is 18.8. The molecule has 1 amide bonds. The molecule has 0 aromatic carbocycles. The summed E-state index contributed by atoms with van der Waals surface area (Å²) >= 11 is 0. The molecule has 0 rings (SSSR count). The molecule has 0 saturated carbocycles. The fourth-order valence-corrected chi connectivity index (χ4v) is 2.89. The highest BCUT2D eigenvalue weighted by molar-refractivity contribution is 5.83. The van der Waals surface area contributed by atoms with Crippen molar-refractivity contribution in [2.75, 3.05) is 0 Å². The summed E-state index contributed by atoms with van der Waals surface area (Å²) in [4.78, 5) is 22.6. The van der Waals surface area contributed by atoms with Crippen LogP contribution in [0.2, 0.25) is 0 Å². The van der Waals surface area contributed by atoms with Gasteiger partial charge in [-0.2, -0.15) is 0 Å². The van der Waals surface area contributed by atoms with Crippen LogP contribution < -0.4 is 5.32 Å². The number of amides is 1. The highest BCUT2D eigenvalue weighted by Crippen LogP contribution is 2.12. The van der Waals surface area contributed by atoms with Gasteiger partial charge in [0, 0.05) is 12.8 Å². The molecule has 0 aromatic heterocycles. The van der Waals surface area contributed by atoms with Crippen LogP contribution in [0.3, 0.4) is 0 Å². The Morgan fingerprint density at radius 1 is 0.880 bits per heavy atom. The van der Waals surface area contributed by atoms with E-state index in [4.69, 9.17) is 11.5 Å². The number of unbranched alkanes of at least 4 members (excludes halogenated alkanes) is 12. The lowest BCUT2D eigenvalue weighted by atomic mass is 10.0. The van der Waals surface area contributed by atoms with Crippen molar-refractivity contribution in [1.29, 1.82) is 0 Å². The van der Waals surface area contributed by atoms with Crippen LogP contribution >= 0.6 is 0 Å². The summed E-state index contributed by atoms with van der Waals surface area (Å²) in [5.41, 5.74) is 0. The number of hydrogen-bond donors (Lipinski definition) is 2. The molecule has 0 aliphatic heterocycles. The molecule has 0 aliphatic carbocycles. The second kappa shape index (κ2) is 17.3. The van der Waals surface area contributed by atoms with Crippen molar-refractivity contribution in [2.45, 2.75) is 109 Å². The van der Waals surface area contributed by atoms with Crippen LogP contribution in [0.15, 0.2) is 0 Å². The molecule has 0 heterocycles. The number of carbonyl (C=O) groups is 2. The molecule has 0 radical (unpaired) electrons. The maximum absolute atomic E-state index is 11.7. The first-order chi connectivity index (χ1) is 12.1. The van der Waals surface area contributed by atoms with Gasteiger partial charge in [-0.3, -0.25) is 4.79 Å². The molecule has 0 spiro atoms. The number of aliphatic carboxylic acids is 1. The second-order valence-corrected chi connectivity index (χ2v) is 6.86. The summed E-state index contributed by atoms with van der Waals surface area (Å²) in [7, 11) is 0. The van der Waals surface area contributed by atoms with Gasteiger partial charge in [-0.05, 0) is 6.42 Å². The maximum Gasteiger partial charge on any atom is 0.327 e. The summed E-state index contributed by atoms with van der Waals surface area (Å²) in [6.45, 7) is 2.25. The van der Waals surface area contributed by atoms with E-state index in [-0.39, 0.29) is 12.3 Å². The minimum atomic E-state index is -1.07. The molecule has 2 N–H and O–H groups in total. The predicted molar refractivity (Wildman–Crippen MR) is 103 cm³/mol. The third kappa shape index (κ3) is 15.8. The van der Waals surface area contributed by atoms with Gasteiger partial charge in [0.05, 0.1) is 0 Å². The Kier molecular flexibility index (Phi) is 16.3. The Hall–Kier alpha value is -1.50. The lowest BCUT2D eigenvalue weighted by molar-refractivity contribution is -0.141. The number of carboxylic acid groups (broad SMARTS) is 1. The first-order valence-electron chi connectivity index (χ1n) is 10.1. The minimum Gasteiger partial charge on any atom is -0.480 e. The van der Waals surface area contributed by atoms with Crippen molar-refractivity contribution in [2.24, 2.45) is 0 Å². The maximum atomic E-state index is 11.7. The van der Waals surface area contributed by atoms with Crippen LogP contribution in [0.1, 0.15) is 103 Å². The number of rotatable bonds is 17. The average Bonchev–Trinajstić information content (AvgIpc) is 2.58. The SMILES string of the molecule is C#CC[C@H](NC(=O)CCCCCCCCCCCCCCC)C(=O)O. The van der Waals surface area contributed by atoms with Crippen molar-refractivity contribution >= 4 is 11.9 Å². The van der Waals surface area contributed by atoms with E-state index in [1.165, 1.54) is 64.2 Å². The van der Waals surface area contributed by atoms with Crippen LogP contribution in [-0.2, 0) is 9.59 Å². The number of carboxylic acids is 1. The zero-order valence-electron chi connectivity index (χ0n) is 16.0. The lowest BCUT2D eigenvalue weighted by Crippen LogP contribution is -2.40. The van der Waals surface area contributed by atoms with Gasteiger partial charge in [0.15, 0.2) is 0 Å². The van der Waals surface area contributed by atoms with Gasteiger partial charge >= 0.3 is 5.97 Å². The Bertz CT molecular complexity index is 387. The minimum absolute atomic E-state index is 0.0275. The highest BCUT2D eigenvalue weighted by Gasteiger charge is 2.18. The Morgan fingerprint density at radius 3 is 1.72 bits per heavy atom. The largest absolute Gasteiger partial charge is 0.480 e. The predicted octanol–water partition coefficient (Wildman–Crippen LogP) is 5.06. The van der Waals surface area contributed by atoms with Gasteiger partial charge in [-0.25, -0.2) is 4.79 Å². The molecular formula is C21H37NO3. The quantitative estimate of drug-likeness (QED) is 0.284. The summed E-state index contributed by atoms with van der Waals surface area (Å²) < 4.78 is 0. The van der Waals surface area contributed by atoms with Crippen LogP contribution in [-0.4, -0.2) is 23.0 Å². The normalized spacial score (nSPS) is 11.7. The van der Waals surface area contributed by atoms with E-state index in [1.54, 1.807) is 0 Å². The third-order valence-electron chi connectivity index (χ3n) is 4.46. The van der Waals surface area contributed by atoms with E-state index in [9.17, 15) is 9.59 Å². The molecule has 4 heteroatoms. The van der Waals surface area contributed by atoms with Gasteiger partial charge in [0.1, 0.15) is 6.04 Å². The average molecular weight is 352 g/mol. The van der Waals surface area contributed by atoms with Crippen LogP contribution in [0.5, 0.6) is 0 Å². The van der Waals surface area contributed by atoms with Crippen molar-refractivity contribution < 1.29 is 14.7 Å². The molecule has 25 heavy (non-hydrogen) atoms. The molecule has 1 atom stereocenters. The summed E-state index contributed by atoms with van der Waals surface area (Å²) in [6, 6.07) is -0.959. The number of carbonyl (C=O) groups excluding carboxylic acids is 1. The molecule has 0 bridgehead atoms. The fourth-order valence-electron chi connectivity index (χ4n) is 2.89. The summed E-state index contributed by atoms with van der Waals surface area (Å²) in [5.74, 6) is 0.987. The van der Waals surface area contributed by atoms with Crippen molar-refractivity contribution in [3.63, 3.8) is 0 Å². The van der Waals surface area contributed by atoms with E-state index in [0.717, 1.165) is 19.3 Å². The summed E-state index contributed by atoms with van der Waals surface area (Å²) in [5, 5.41) is 11.4. The fraction of sp³-hybridized carbons (Fsp3) is 0.810. The number of nitrogens with one attached hydrogen (secondary N) is 1. The highest BCUT2D eigenvalue weighted by atomic mass is 16.4. The van der Waals surface area contributed by atoms with Gasteiger partial charge in [-0.15, -0.1) is 12.3 Å². The Labute approximate surface area is 154 Å². The van der Waals surface area contributed by atoms with Crippen LogP contribution in [0, 0.1) is 12.3 Å². The smallest absolute Gasteiger partial charge is 0.327 e. The van der Waals surface area contributed by atoms with Gasteiger partial charge in [-0.1, -0.05) is 84.0 Å². The van der Waals surface area contributed by atoms with Crippen molar-refractivity contribution in [3.8, 4) is 12.3 Å². The number of hydrogen-bond acceptors (Lipinski definition) is 2. The molecule has 144 valence electrons. The zero-order valence-corrected chi connectivity index (χ0v) is 16.0. The monoisotopic (exact) mass is 351 g/mol. The first-order valence-corrected chi connectivity index (χ1v) is 10.1. The van der Waals surface area contributed by atoms with Gasteiger partial charge < -0.3 is 10.4 Å². The molecule has 0 aliphatic rings. The molecule has 4 nitrogen and oxygen atoms in total. The lowest BCUT2D eigenvalue weighted by Gasteiger charge is -2.11. The van der Waals surface area contributed by atoms with Crippen molar-refractivity contribution in [3.05, 3.63) is 0 Å². The van der Waals surface area contributed by atoms with E-state index in [0.29, 0.717) is 6.42 Å². The summed E-state index contributed by atoms with van der Waals surface area (Å²) in [6.07, 6.45) is 21.9. The first kappa shape index (κ1) is 23.5. The standard InChI is InChI=1S/C21H37NO3/c1-3-5-6-7-8-9-10-11-12-13-14-15-16-18-20(23)22-19(17-4-2)21(24)25/h2,19H,3,5-18H2,1H3,(H,22,23)(H,24,25)/t19-/m0/s1. The molecular weight excluding hydrogens is 314 g/mol. The van der Waals surface area contributed by atoms with E-state index >= 15 is 0 Å².